The van der Waals surface area contributed by atoms with E-state index in [9.17, 15) is 0 Å². The van der Waals surface area contributed by atoms with Gasteiger partial charge in [0.2, 0.25) is 0 Å². The van der Waals surface area contributed by atoms with Crippen molar-refractivity contribution in [2.75, 3.05) is 5.73 Å². The molecule has 0 aliphatic heterocycles. The molecule has 1 aromatic rings. The van der Waals surface area contributed by atoms with Gasteiger partial charge in [0.05, 0.1) is 10.7 Å². The molecule has 0 amide bonds. The normalized spacial score (nSPS) is 9.90. The summed E-state index contributed by atoms with van der Waals surface area (Å²) in [7, 11) is 0. The quantitative estimate of drug-likeness (QED) is 0.692. The summed E-state index contributed by atoms with van der Waals surface area (Å²) in [6, 6.07) is 3.30. The molecular formula is C6H4BrCl2N. The van der Waals surface area contributed by atoms with Gasteiger partial charge in [-0.1, -0.05) is 23.2 Å². The largest absolute Gasteiger partial charge is 0.397 e. The van der Waals surface area contributed by atoms with Crippen LogP contribution in [-0.4, -0.2) is 0 Å². The molecule has 10 heavy (non-hydrogen) atoms. The van der Waals surface area contributed by atoms with Gasteiger partial charge in [0.25, 0.3) is 0 Å². The zero-order chi connectivity index (χ0) is 7.72. The predicted molar refractivity (Wildman–Crippen MR) is 48.6 cm³/mol. The Labute approximate surface area is 77.2 Å². The van der Waals surface area contributed by atoms with Gasteiger partial charge in [-0.25, -0.2) is 0 Å². The van der Waals surface area contributed by atoms with Gasteiger partial charge in [-0.15, -0.1) is 0 Å². The van der Waals surface area contributed by atoms with Gasteiger partial charge in [-0.2, -0.15) is 0 Å². The van der Waals surface area contributed by atoms with Crippen molar-refractivity contribution in [3.05, 3.63) is 26.7 Å². The Balaban J connectivity index is 3.31. The number of halogens is 3. The van der Waals surface area contributed by atoms with Crippen molar-refractivity contribution >= 4 is 44.8 Å². The summed E-state index contributed by atoms with van der Waals surface area (Å²) in [6.45, 7) is 0. The van der Waals surface area contributed by atoms with Gasteiger partial charge < -0.3 is 5.73 Å². The molecule has 2 N–H and O–H groups in total. The van der Waals surface area contributed by atoms with Gasteiger partial charge in [0.15, 0.2) is 0 Å². The molecule has 54 valence electrons. The SMILES string of the molecule is Nc1c(Cl)cc(Cl)cc1Br. The molecule has 0 aliphatic rings. The van der Waals surface area contributed by atoms with Crippen molar-refractivity contribution in [1.82, 2.24) is 0 Å². The third-order valence-corrected chi connectivity index (χ3v) is 2.23. The standard InChI is InChI=1S/C6H4BrCl2N/c7-4-1-3(8)2-5(9)6(4)10/h1-2H,10H2. The van der Waals surface area contributed by atoms with Crippen LogP contribution in [0.5, 0.6) is 0 Å². The molecule has 0 saturated heterocycles. The van der Waals surface area contributed by atoms with Crippen LogP contribution >= 0.6 is 39.1 Å². The van der Waals surface area contributed by atoms with Crippen LogP contribution in [0.3, 0.4) is 0 Å². The van der Waals surface area contributed by atoms with E-state index in [4.69, 9.17) is 28.9 Å². The second-order valence-electron chi connectivity index (χ2n) is 1.78. The Hall–Kier alpha value is 0.0800. The zero-order valence-electron chi connectivity index (χ0n) is 4.87. The van der Waals surface area contributed by atoms with Crippen molar-refractivity contribution in [3.63, 3.8) is 0 Å². The van der Waals surface area contributed by atoms with E-state index in [1.54, 1.807) is 12.1 Å². The fraction of sp³-hybridized carbons (Fsp3) is 0. The highest BCUT2D eigenvalue weighted by Crippen LogP contribution is 2.30. The first kappa shape index (κ1) is 8.18. The molecule has 1 nitrogen and oxygen atoms in total. The number of anilines is 1. The highest BCUT2D eigenvalue weighted by Gasteiger charge is 2.01. The molecule has 0 unspecified atom stereocenters. The molecule has 1 aromatic carbocycles. The third-order valence-electron chi connectivity index (χ3n) is 1.04. The summed E-state index contributed by atoms with van der Waals surface area (Å²) in [5.41, 5.74) is 6.03. The van der Waals surface area contributed by atoms with Crippen LogP contribution in [0.1, 0.15) is 0 Å². The molecule has 0 radical (unpaired) electrons. The zero-order valence-corrected chi connectivity index (χ0v) is 7.96. The molecular weight excluding hydrogens is 237 g/mol. The van der Waals surface area contributed by atoms with Crippen LogP contribution in [0.25, 0.3) is 0 Å². The topological polar surface area (TPSA) is 26.0 Å². The lowest BCUT2D eigenvalue weighted by Gasteiger charge is -2.00. The maximum absolute atomic E-state index is 5.68. The van der Waals surface area contributed by atoms with Gasteiger partial charge in [-0.3, -0.25) is 0 Å². The van der Waals surface area contributed by atoms with E-state index in [0.717, 1.165) is 4.47 Å². The maximum Gasteiger partial charge on any atom is 0.0661 e. The van der Waals surface area contributed by atoms with Crippen molar-refractivity contribution in [2.24, 2.45) is 0 Å². The summed E-state index contributed by atoms with van der Waals surface area (Å²) in [6.07, 6.45) is 0. The molecule has 1 rings (SSSR count). The van der Waals surface area contributed by atoms with E-state index in [2.05, 4.69) is 15.9 Å². The van der Waals surface area contributed by atoms with Crippen LogP contribution in [0.2, 0.25) is 10.0 Å². The Kier molecular flexibility index (Phi) is 2.45. The minimum atomic E-state index is 0.472. The fourth-order valence-electron chi connectivity index (χ4n) is 0.553. The van der Waals surface area contributed by atoms with Crippen molar-refractivity contribution in [1.29, 1.82) is 0 Å². The van der Waals surface area contributed by atoms with E-state index >= 15 is 0 Å². The van der Waals surface area contributed by atoms with Crippen LogP contribution < -0.4 is 5.73 Å². The molecule has 0 saturated carbocycles. The summed E-state index contributed by atoms with van der Waals surface area (Å²) in [5, 5.41) is 1.05. The lowest BCUT2D eigenvalue weighted by atomic mass is 10.3. The molecule has 0 bridgehead atoms. The van der Waals surface area contributed by atoms with E-state index in [-0.39, 0.29) is 0 Å². The van der Waals surface area contributed by atoms with Gasteiger partial charge in [-0.05, 0) is 28.1 Å². The highest BCUT2D eigenvalue weighted by atomic mass is 79.9. The Bertz CT molecular complexity index is 239. The van der Waals surface area contributed by atoms with Gasteiger partial charge in [0.1, 0.15) is 0 Å². The first-order valence-electron chi connectivity index (χ1n) is 2.51. The van der Waals surface area contributed by atoms with E-state index in [0.29, 0.717) is 15.7 Å². The molecule has 4 heteroatoms. The number of nitrogens with two attached hydrogens (primary N) is 1. The monoisotopic (exact) mass is 239 g/mol. The van der Waals surface area contributed by atoms with Crippen molar-refractivity contribution in [2.45, 2.75) is 0 Å². The molecule has 0 atom stereocenters. The Morgan fingerprint density at radius 1 is 1.30 bits per heavy atom. The molecule has 0 aromatic heterocycles. The van der Waals surface area contributed by atoms with E-state index in [1.807, 2.05) is 0 Å². The number of hydrogen-bond donors (Lipinski definition) is 1. The second kappa shape index (κ2) is 2.99. The number of benzene rings is 1. The summed E-state index contributed by atoms with van der Waals surface area (Å²) in [4.78, 5) is 0. The predicted octanol–water partition coefficient (Wildman–Crippen LogP) is 3.34. The smallest absolute Gasteiger partial charge is 0.0661 e. The van der Waals surface area contributed by atoms with Crippen LogP contribution in [0.15, 0.2) is 16.6 Å². The van der Waals surface area contributed by atoms with E-state index < -0.39 is 0 Å². The van der Waals surface area contributed by atoms with Gasteiger partial charge in [0, 0.05) is 9.50 Å². The van der Waals surface area contributed by atoms with E-state index in [1.165, 1.54) is 0 Å². The molecule has 0 spiro atoms. The van der Waals surface area contributed by atoms with Crippen LogP contribution in [0.4, 0.5) is 5.69 Å². The summed E-state index contributed by atoms with van der Waals surface area (Å²) < 4.78 is 0.727. The molecule has 0 heterocycles. The highest BCUT2D eigenvalue weighted by molar-refractivity contribution is 9.10. The van der Waals surface area contributed by atoms with Gasteiger partial charge >= 0.3 is 0 Å². The minimum absolute atomic E-state index is 0.472. The lowest BCUT2D eigenvalue weighted by Crippen LogP contribution is -1.87. The first-order chi connectivity index (χ1) is 4.61. The number of hydrogen-bond acceptors (Lipinski definition) is 1. The third kappa shape index (κ3) is 1.57. The van der Waals surface area contributed by atoms with Crippen molar-refractivity contribution < 1.29 is 0 Å². The minimum Gasteiger partial charge on any atom is -0.397 e. The average molecular weight is 241 g/mol. The second-order valence-corrected chi connectivity index (χ2v) is 3.48. The summed E-state index contributed by atoms with van der Waals surface area (Å²) >= 11 is 14.5. The lowest BCUT2D eigenvalue weighted by molar-refractivity contribution is 1.63. The Morgan fingerprint density at radius 2 is 1.90 bits per heavy atom. The number of rotatable bonds is 0. The fourth-order valence-corrected chi connectivity index (χ4v) is 1.75. The Morgan fingerprint density at radius 3 is 2.40 bits per heavy atom. The van der Waals surface area contributed by atoms with Crippen LogP contribution in [-0.2, 0) is 0 Å². The average Bonchev–Trinajstić information content (AvgIpc) is 1.82. The summed E-state index contributed by atoms with van der Waals surface area (Å²) in [5.74, 6) is 0. The van der Waals surface area contributed by atoms with Crippen molar-refractivity contribution in [3.8, 4) is 0 Å². The first-order valence-corrected chi connectivity index (χ1v) is 4.06. The maximum atomic E-state index is 5.68. The number of nitrogen functional groups attached to an aromatic ring is 1. The molecule has 0 aliphatic carbocycles. The van der Waals surface area contributed by atoms with Crippen LogP contribution in [0, 0.1) is 0 Å². The molecule has 0 fully saturated rings.